The SMILES string of the molecule is C[C@@H](NCC(=O)Nc1ccc(Cl)cc1[N+](=O)[O-])c1ccc(Cl)cc1. The van der Waals surface area contributed by atoms with Crippen molar-refractivity contribution >= 4 is 40.5 Å². The monoisotopic (exact) mass is 367 g/mol. The topological polar surface area (TPSA) is 84.3 Å². The van der Waals surface area contributed by atoms with Crippen molar-refractivity contribution in [1.29, 1.82) is 0 Å². The Morgan fingerprint density at radius 2 is 1.79 bits per heavy atom. The largest absolute Gasteiger partial charge is 0.319 e. The maximum absolute atomic E-state index is 12.0. The van der Waals surface area contributed by atoms with Crippen molar-refractivity contribution in [2.75, 3.05) is 11.9 Å². The number of hydrogen-bond acceptors (Lipinski definition) is 4. The van der Waals surface area contributed by atoms with Gasteiger partial charge in [0.2, 0.25) is 5.91 Å². The molecule has 2 N–H and O–H groups in total. The summed E-state index contributed by atoms with van der Waals surface area (Å²) in [6, 6.07) is 11.3. The van der Waals surface area contributed by atoms with Crippen molar-refractivity contribution in [3.63, 3.8) is 0 Å². The fraction of sp³-hybridized carbons (Fsp3) is 0.188. The molecular formula is C16H15Cl2N3O3. The van der Waals surface area contributed by atoms with Crippen molar-refractivity contribution in [3.8, 4) is 0 Å². The number of hydrogen-bond donors (Lipinski definition) is 2. The zero-order chi connectivity index (χ0) is 17.7. The number of nitrogens with one attached hydrogen (secondary N) is 2. The Hall–Kier alpha value is -2.15. The van der Waals surface area contributed by atoms with E-state index in [-0.39, 0.29) is 34.9 Å². The molecule has 2 rings (SSSR count). The van der Waals surface area contributed by atoms with Crippen LogP contribution in [0.15, 0.2) is 42.5 Å². The molecular weight excluding hydrogens is 353 g/mol. The second kappa shape index (κ2) is 8.10. The molecule has 1 amide bonds. The lowest BCUT2D eigenvalue weighted by atomic mass is 10.1. The lowest BCUT2D eigenvalue weighted by molar-refractivity contribution is -0.383. The Morgan fingerprint density at radius 1 is 1.17 bits per heavy atom. The van der Waals surface area contributed by atoms with E-state index in [1.807, 2.05) is 19.1 Å². The maximum Gasteiger partial charge on any atom is 0.294 e. The summed E-state index contributed by atoms with van der Waals surface area (Å²) >= 11 is 11.6. The van der Waals surface area contributed by atoms with Crippen LogP contribution in [0.3, 0.4) is 0 Å². The fourth-order valence-electron chi connectivity index (χ4n) is 2.07. The van der Waals surface area contributed by atoms with Gasteiger partial charge in [-0.25, -0.2) is 0 Å². The van der Waals surface area contributed by atoms with Crippen LogP contribution in [0.25, 0.3) is 0 Å². The number of nitro groups is 1. The average Bonchev–Trinajstić information content (AvgIpc) is 2.54. The minimum Gasteiger partial charge on any atom is -0.319 e. The minimum atomic E-state index is -0.592. The summed E-state index contributed by atoms with van der Waals surface area (Å²) in [6.45, 7) is 1.91. The highest BCUT2D eigenvalue weighted by Gasteiger charge is 2.16. The highest BCUT2D eigenvalue weighted by Crippen LogP contribution is 2.27. The molecule has 0 aromatic heterocycles. The highest BCUT2D eigenvalue weighted by molar-refractivity contribution is 6.31. The van der Waals surface area contributed by atoms with Crippen molar-refractivity contribution in [2.45, 2.75) is 13.0 Å². The summed E-state index contributed by atoms with van der Waals surface area (Å²) in [4.78, 5) is 22.4. The van der Waals surface area contributed by atoms with Crippen molar-refractivity contribution in [2.24, 2.45) is 0 Å². The third-order valence-electron chi connectivity index (χ3n) is 3.37. The zero-order valence-corrected chi connectivity index (χ0v) is 14.3. The first-order valence-corrected chi connectivity index (χ1v) is 7.85. The third-order valence-corrected chi connectivity index (χ3v) is 3.86. The Kier molecular flexibility index (Phi) is 6.14. The number of rotatable bonds is 6. The van der Waals surface area contributed by atoms with Crippen LogP contribution in [-0.4, -0.2) is 17.4 Å². The van der Waals surface area contributed by atoms with Crippen LogP contribution in [0.4, 0.5) is 11.4 Å². The molecule has 0 saturated heterocycles. The first-order chi connectivity index (χ1) is 11.4. The van der Waals surface area contributed by atoms with Gasteiger partial charge in [-0.15, -0.1) is 0 Å². The van der Waals surface area contributed by atoms with Crippen LogP contribution in [0.2, 0.25) is 10.0 Å². The van der Waals surface area contributed by atoms with Gasteiger partial charge in [0, 0.05) is 22.2 Å². The Balaban J connectivity index is 1.96. The molecule has 0 aliphatic carbocycles. The van der Waals surface area contributed by atoms with Gasteiger partial charge in [-0.1, -0.05) is 35.3 Å². The molecule has 1 atom stereocenters. The number of carbonyl (C=O) groups excluding carboxylic acids is 1. The average molecular weight is 368 g/mol. The van der Waals surface area contributed by atoms with Gasteiger partial charge in [-0.2, -0.15) is 0 Å². The van der Waals surface area contributed by atoms with Crippen LogP contribution in [0.1, 0.15) is 18.5 Å². The third kappa shape index (κ3) is 4.92. The maximum atomic E-state index is 12.0. The molecule has 0 fully saturated rings. The highest BCUT2D eigenvalue weighted by atomic mass is 35.5. The Bertz CT molecular complexity index is 751. The van der Waals surface area contributed by atoms with Crippen LogP contribution < -0.4 is 10.6 Å². The number of carbonyl (C=O) groups is 1. The van der Waals surface area contributed by atoms with E-state index in [1.165, 1.54) is 18.2 Å². The van der Waals surface area contributed by atoms with E-state index in [1.54, 1.807) is 12.1 Å². The number of nitro benzene ring substituents is 1. The molecule has 0 aliphatic rings. The summed E-state index contributed by atoms with van der Waals surface area (Å²) in [7, 11) is 0. The van der Waals surface area contributed by atoms with Gasteiger partial charge in [-0.3, -0.25) is 14.9 Å². The van der Waals surface area contributed by atoms with E-state index in [4.69, 9.17) is 23.2 Å². The number of anilines is 1. The smallest absolute Gasteiger partial charge is 0.294 e. The normalized spacial score (nSPS) is 11.8. The molecule has 2 aromatic rings. The van der Waals surface area contributed by atoms with E-state index in [0.717, 1.165) is 5.56 Å². The predicted octanol–water partition coefficient (Wildman–Crippen LogP) is 4.19. The number of amides is 1. The van der Waals surface area contributed by atoms with Gasteiger partial charge < -0.3 is 10.6 Å². The van der Waals surface area contributed by atoms with Crippen LogP contribution in [-0.2, 0) is 4.79 Å². The second-order valence-corrected chi connectivity index (χ2v) is 5.99. The second-order valence-electron chi connectivity index (χ2n) is 5.12. The number of nitrogens with zero attached hydrogens (tertiary/aromatic N) is 1. The van der Waals surface area contributed by atoms with Gasteiger partial charge >= 0.3 is 0 Å². The lowest BCUT2D eigenvalue weighted by Gasteiger charge is -2.14. The first-order valence-electron chi connectivity index (χ1n) is 7.09. The van der Waals surface area contributed by atoms with Crippen LogP contribution in [0.5, 0.6) is 0 Å². The van der Waals surface area contributed by atoms with Crippen LogP contribution >= 0.6 is 23.2 Å². The molecule has 6 nitrogen and oxygen atoms in total. The van der Waals surface area contributed by atoms with Gasteiger partial charge in [-0.05, 0) is 36.8 Å². The summed E-state index contributed by atoms with van der Waals surface area (Å²) < 4.78 is 0. The van der Waals surface area contributed by atoms with E-state index in [2.05, 4.69) is 10.6 Å². The molecule has 0 aliphatic heterocycles. The van der Waals surface area contributed by atoms with Crippen LogP contribution in [0, 0.1) is 10.1 Å². The first kappa shape index (κ1) is 18.2. The standard InChI is InChI=1S/C16H15Cl2N3O3/c1-10(11-2-4-12(17)5-3-11)19-9-16(22)20-14-7-6-13(18)8-15(14)21(23)24/h2-8,10,19H,9H2,1H3,(H,20,22)/t10-/m1/s1. The number of halogens is 2. The molecule has 24 heavy (non-hydrogen) atoms. The molecule has 0 bridgehead atoms. The minimum absolute atomic E-state index is 0.00355. The zero-order valence-electron chi connectivity index (χ0n) is 12.8. The Morgan fingerprint density at radius 3 is 2.42 bits per heavy atom. The van der Waals surface area contributed by atoms with E-state index in [0.29, 0.717) is 5.02 Å². The van der Waals surface area contributed by atoms with Crippen molar-refractivity contribution < 1.29 is 9.72 Å². The summed E-state index contributed by atoms with van der Waals surface area (Å²) in [5, 5.41) is 17.4. The molecule has 0 spiro atoms. The molecule has 8 heteroatoms. The molecule has 126 valence electrons. The fourth-order valence-corrected chi connectivity index (χ4v) is 2.36. The summed E-state index contributed by atoms with van der Waals surface area (Å²) in [5.74, 6) is -0.388. The van der Waals surface area contributed by atoms with Crippen molar-refractivity contribution in [3.05, 3.63) is 68.2 Å². The summed E-state index contributed by atoms with van der Waals surface area (Å²) in [5.41, 5.74) is 0.835. The predicted molar refractivity (Wildman–Crippen MR) is 94.6 cm³/mol. The molecule has 0 heterocycles. The van der Waals surface area contributed by atoms with E-state index in [9.17, 15) is 14.9 Å². The molecule has 0 radical (unpaired) electrons. The molecule has 0 unspecified atom stereocenters. The quantitative estimate of drug-likeness (QED) is 0.592. The lowest BCUT2D eigenvalue weighted by Crippen LogP contribution is -2.30. The number of benzene rings is 2. The van der Waals surface area contributed by atoms with Gasteiger partial charge in [0.1, 0.15) is 5.69 Å². The van der Waals surface area contributed by atoms with Gasteiger partial charge in [0.05, 0.1) is 11.5 Å². The van der Waals surface area contributed by atoms with E-state index >= 15 is 0 Å². The Labute approximate surface area is 148 Å². The van der Waals surface area contributed by atoms with Crippen molar-refractivity contribution in [1.82, 2.24) is 5.32 Å². The van der Waals surface area contributed by atoms with Gasteiger partial charge in [0.15, 0.2) is 0 Å². The summed E-state index contributed by atoms with van der Waals surface area (Å²) in [6.07, 6.45) is 0. The molecule has 0 saturated carbocycles. The van der Waals surface area contributed by atoms with Gasteiger partial charge in [0.25, 0.3) is 5.69 Å². The van der Waals surface area contributed by atoms with E-state index < -0.39 is 4.92 Å². The molecule has 2 aromatic carbocycles.